The number of hydrogen-bond donors (Lipinski definition) is 2. The van der Waals surface area contributed by atoms with Crippen molar-refractivity contribution in [2.45, 2.75) is 38.8 Å². The Morgan fingerprint density at radius 1 is 1.44 bits per heavy atom. The molecule has 0 aliphatic carbocycles. The van der Waals surface area contributed by atoms with Crippen LogP contribution in [0.15, 0.2) is 0 Å². The van der Waals surface area contributed by atoms with Crippen molar-refractivity contribution < 1.29 is 4.79 Å². The summed E-state index contributed by atoms with van der Waals surface area (Å²) >= 11 is 0. The molecule has 0 radical (unpaired) electrons. The Labute approximate surface area is 111 Å². The van der Waals surface area contributed by atoms with Gasteiger partial charge in [-0.25, -0.2) is 0 Å². The average molecular weight is 256 g/mol. The maximum Gasteiger partial charge on any atom is 0.234 e. The molecule has 106 valence electrons. The Bertz CT molecular complexity index is 280. The van der Waals surface area contributed by atoms with Crippen molar-refractivity contribution in [3.05, 3.63) is 0 Å². The lowest BCUT2D eigenvalue weighted by atomic mass is 9.99. The number of piperazine rings is 1. The third-order valence-corrected chi connectivity index (χ3v) is 3.92. The zero-order valence-electron chi connectivity index (χ0n) is 12.2. The van der Waals surface area contributed by atoms with E-state index in [0.29, 0.717) is 0 Å². The van der Waals surface area contributed by atoms with Gasteiger partial charge in [0.2, 0.25) is 5.91 Å². The van der Waals surface area contributed by atoms with Crippen LogP contribution >= 0.6 is 0 Å². The van der Waals surface area contributed by atoms with Gasteiger partial charge in [-0.05, 0) is 33.9 Å². The van der Waals surface area contributed by atoms with Crippen LogP contribution in [0.2, 0.25) is 0 Å². The number of nitrogens with zero attached hydrogens (tertiary/aromatic N) is 2. The van der Waals surface area contributed by atoms with E-state index in [0.717, 1.165) is 39.1 Å². The van der Waals surface area contributed by atoms with Crippen LogP contribution in [0, 0.1) is 0 Å². The molecule has 3 N–H and O–H groups in total. The van der Waals surface area contributed by atoms with E-state index >= 15 is 0 Å². The van der Waals surface area contributed by atoms with Crippen LogP contribution in [0.5, 0.6) is 0 Å². The maximum absolute atomic E-state index is 11.3. The van der Waals surface area contributed by atoms with E-state index in [1.54, 1.807) is 0 Å². The van der Waals surface area contributed by atoms with Gasteiger partial charge in [0.1, 0.15) is 0 Å². The summed E-state index contributed by atoms with van der Waals surface area (Å²) in [5, 5.41) is 3.14. The second kappa shape index (κ2) is 6.50. The molecule has 0 aromatic heterocycles. The summed E-state index contributed by atoms with van der Waals surface area (Å²) in [5.41, 5.74) is 5.59. The number of primary amides is 1. The van der Waals surface area contributed by atoms with E-state index in [-0.39, 0.29) is 17.5 Å². The van der Waals surface area contributed by atoms with Crippen molar-refractivity contribution >= 4 is 5.91 Å². The Morgan fingerprint density at radius 3 is 2.61 bits per heavy atom. The molecule has 5 heteroatoms. The first-order valence-corrected chi connectivity index (χ1v) is 6.83. The highest BCUT2D eigenvalue weighted by atomic mass is 16.1. The number of amides is 1. The van der Waals surface area contributed by atoms with Crippen molar-refractivity contribution in [3.63, 3.8) is 0 Å². The Morgan fingerprint density at radius 2 is 2.11 bits per heavy atom. The number of nitrogens with one attached hydrogen (secondary N) is 1. The Kier molecular flexibility index (Phi) is 5.56. The SMILES string of the molecule is CCNC(CCN1CCN(C)C(C)(C)C1)C(N)=O. The van der Waals surface area contributed by atoms with E-state index in [2.05, 4.69) is 36.0 Å². The fraction of sp³-hybridized carbons (Fsp3) is 0.923. The number of likely N-dealkylation sites (N-methyl/N-ethyl adjacent to an activating group) is 2. The van der Waals surface area contributed by atoms with Gasteiger partial charge in [0.05, 0.1) is 6.04 Å². The van der Waals surface area contributed by atoms with Gasteiger partial charge in [-0.1, -0.05) is 6.92 Å². The van der Waals surface area contributed by atoms with E-state index in [9.17, 15) is 4.79 Å². The monoisotopic (exact) mass is 256 g/mol. The van der Waals surface area contributed by atoms with E-state index in [4.69, 9.17) is 5.73 Å². The van der Waals surface area contributed by atoms with Gasteiger partial charge < -0.3 is 16.0 Å². The number of carbonyl (C=O) groups excluding carboxylic acids is 1. The highest BCUT2D eigenvalue weighted by Gasteiger charge is 2.31. The lowest BCUT2D eigenvalue weighted by Gasteiger charge is -2.45. The molecule has 0 saturated carbocycles. The third-order valence-electron chi connectivity index (χ3n) is 3.92. The summed E-state index contributed by atoms with van der Waals surface area (Å²) in [6, 6.07) is -0.197. The Hall–Kier alpha value is -0.650. The molecule has 0 bridgehead atoms. The molecule has 1 rings (SSSR count). The predicted molar refractivity (Wildman–Crippen MR) is 74.4 cm³/mol. The number of carbonyl (C=O) groups is 1. The summed E-state index contributed by atoms with van der Waals surface area (Å²) in [6.45, 7) is 11.4. The second-order valence-electron chi connectivity index (χ2n) is 5.81. The highest BCUT2D eigenvalue weighted by molar-refractivity contribution is 5.79. The molecule has 0 aromatic rings. The fourth-order valence-electron chi connectivity index (χ4n) is 2.43. The lowest BCUT2D eigenvalue weighted by molar-refractivity contribution is -0.120. The summed E-state index contributed by atoms with van der Waals surface area (Å²) in [6.07, 6.45) is 0.795. The van der Waals surface area contributed by atoms with Crippen LogP contribution in [0.4, 0.5) is 0 Å². The average Bonchev–Trinajstić information content (AvgIpc) is 2.28. The number of nitrogens with two attached hydrogens (primary N) is 1. The highest BCUT2D eigenvalue weighted by Crippen LogP contribution is 2.18. The van der Waals surface area contributed by atoms with Gasteiger partial charge in [-0.2, -0.15) is 0 Å². The van der Waals surface area contributed by atoms with Crippen LogP contribution in [-0.2, 0) is 4.79 Å². The predicted octanol–water partition coefficient (Wildman–Crippen LogP) is -0.134. The molecular weight excluding hydrogens is 228 g/mol. The molecule has 1 amide bonds. The van der Waals surface area contributed by atoms with Crippen molar-refractivity contribution in [3.8, 4) is 0 Å². The first-order chi connectivity index (χ1) is 8.36. The normalized spacial score (nSPS) is 22.9. The number of rotatable bonds is 6. The minimum Gasteiger partial charge on any atom is -0.368 e. The van der Waals surface area contributed by atoms with E-state index in [1.165, 1.54) is 0 Å². The molecule has 18 heavy (non-hydrogen) atoms. The van der Waals surface area contributed by atoms with Crippen molar-refractivity contribution in [2.75, 3.05) is 39.8 Å². The zero-order chi connectivity index (χ0) is 13.8. The number of hydrogen-bond acceptors (Lipinski definition) is 4. The molecule has 1 fully saturated rings. The molecule has 1 unspecified atom stereocenters. The molecular formula is C13H28N4O. The molecule has 0 spiro atoms. The fourth-order valence-corrected chi connectivity index (χ4v) is 2.43. The standard InChI is InChI=1S/C13H28N4O/c1-5-15-11(12(14)18)6-7-17-9-8-16(4)13(2,3)10-17/h11,15H,5-10H2,1-4H3,(H2,14,18). The quantitative estimate of drug-likeness (QED) is 0.695. The molecule has 5 nitrogen and oxygen atoms in total. The second-order valence-corrected chi connectivity index (χ2v) is 5.81. The topological polar surface area (TPSA) is 61.6 Å². The van der Waals surface area contributed by atoms with Crippen molar-refractivity contribution in [1.29, 1.82) is 0 Å². The third kappa shape index (κ3) is 4.23. The van der Waals surface area contributed by atoms with Gasteiger partial charge in [-0.15, -0.1) is 0 Å². The van der Waals surface area contributed by atoms with Crippen LogP contribution in [0.1, 0.15) is 27.2 Å². The van der Waals surface area contributed by atoms with Crippen LogP contribution in [0.25, 0.3) is 0 Å². The zero-order valence-corrected chi connectivity index (χ0v) is 12.2. The largest absolute Gasteiger partial charge is 0.368 e. The smallest absolute Gasteiger partial charge is 0.234 e. The maximum atomic E-state index is 11.3. The molecule has 1 heterocycles. The molecule has 0 aromatic carbocycles. The van der Waals surface area contributed by atoms with Crippen LogP contribution < -0.4 is 11.1 Å². The summed E-state index contributed by atoms with van der Waals surface area (Å²) in [4.78, 5) is 16.1. The van der Waals surface area contributed by atoms with Gasteiger partial charge in [0.25, 0.3) is 0 Å². The summed E-state index contributed by atoms with van der Waals surface area (Å²) in [5.74, 6) is -0.245. The van der Waals surface area contributed by atoms with Crippen molar-refractivity contribution in [2.24, 2.45) is 5.73 Å². The molecule has 1 saturated heterocycles. The first kappa shape index (κ1) is 15.4. The van der Waals surface area contributed by atoms with Gasteiger partial charge >= 0.3 is 0 Å². The lowest BCUT2D eigenvalue weighted by Crippen LogP contribution is -2.58. The van der Waals surface area contributed by atoms with E-state index in [1.807, 2.05) is 6.92 Å². The summed E-state index contributed by atoms with van der Waals surface area (Å²) in [7, 11) is 2.17. The molecule has 1 aliphatic rings. The first-order valence-electron chi connectivity index (χ1n) is 6.83. The molecule has 1 aliphatic heterocycles. The van der Waals surface area contributed by atoms with Gasteiger partial charge in [-0.3, -0.25) is 9.69 Å². The molecule has 1 atom stereocenters. The minimum atomic E-state index is -0.245. The van der Waals surface area contributed by atoms with Crippen LogP contribution in [0.3, 0.4) is 0 Å². The summed E-state index contributed by atoms with van der Waals surface area (Å²) < 4.78 is 0. The minimum absolute atomic E-state index is 0.197. The van der Waals surface area contributed by atoms with Crippen LogP contribution in [-0.4, -0.2) is 67.1 Å². The van der Waals surface area contributed by atoms with Crippen molar-refractivity contribution in [1.82, 2.24) is 15.1 Å². The van der Waals surface area contributed by atoms with Gasteiger partial charge in [0.15, 0.2) is 0 Å². The Balaban J connectivity index is 2.41. The van der Waals surface area contributed by atoms with Gasteiger partial charge in [0, 0.05) is 31.7 Å². The van der Waals surface area contributed by atoms with E-state index < -0.39 is 0 Å².